The van der Waals surface area contributed by atoms with Crippen LogP contribution in [0.1, 0.15) is 57.1 Å². The number of aliphatic hydroxyl groups is 1. The number of carbonyl (C=O) groups excluding carboxylic acids is 2. The normalized spacial score (nSPS) is 29.6. The molecule has 0 radical (unpaired) electrons. The van der Waals surface area contributed by atoms with Gasteiger partial charge >= 0.3 is 11.9 Å². The van der Waals surface area contributed by atoms with E-state index in [1.165, 1.54) is 0 Å². The molecular weight excluding hydrogens is 492 g/mol. The molecule has 0 aromatic heterocycles. The number of hydrogen-bond acceptors (Lipinski definition) is 8. The molecule has 2 aliphatic heterocycles. The van der Waals surface area contributed by atoms with E-state index in [-0.39, 0.29) is 24.8 Å². The number of carboxylic acids is 1. The molecule has 1 fully saturated rings. The van der Waals surface area contributed by atoms with E-state index in [0.29, 0.717) is 42.9 Å². The van der Waals surface area contributed by atoms with E-state index in [0.717, 1.165) is 17.7 Å². The zero-order chi connectivity index (χ0) is 27.4. The number of hydrogen-bond donors (Lipinski definition) is 3. The zero-order valence-corrected chi connectivity index (χ0v) is 22.3. The fraction of sp³-hybridized carbons (Fsp3) is 0.607. The number of nitrogens with zero attached hydrogens (tertiary/aromatic N) is 1. The summed E-state index contributed by atoms with van der Waals surface area (Å²) in [4.78, 5) is 38.9. The number of amides is 1. The van der Waals surface area contributed by atoms with Gasteiger partial charge in [-0.05, 0) is 56.5 Å². The highest BCUT2D eigenvalue weighted by Crippen LogP contribution is 2.65. The Hall–Kier alpha value is -3.11. The highest BCUT2D eigenvalue weighted by molar-refractivity contribution is 5.86. The highest BCUT2D eigenvalue weighted by Gasteiger charge is 2.72. The Labute approximate surface area is 221 Å². The number of benzene rings is 1. The molecular formula is C28H36N2O8. The highest BCUT2D eigenvalue weighted by atomic mass is 16.6. The molecule has 206 valence electrons. The van der Waals surface area contributed by atoms with Crippen LogP contribution in [0, 0.1) is 5.92 Å². The first kappa shape index (κ1) is 26.5. The van der Waals surface area contributed by atoms with E-state index in [9.17, 15) is 24.6 Å². The van der Waals surface area contributed by atoms with E-state index in [1.807, 2.05) is 33.0 Å². The standard InChI is InChI=1S/C28H36N2O8/c1-15(2)13-17(26(33)34)29-21(31)7-8-22(32)37-19-9-10-28(35)20-14-16-5-6-18(36-4)24-23(16)27(28,25(19)38-24)11-12-30(20)3/h5-6,9,15,17,20,25,35H,7-8,10-14H2,1-4H3,(H,29,31)(H,33,34)/t17-,20+,25-,27-,28+/m0/s1. The molecule has 3 N–H and O–H groups in total. The summed E-state index contributed by atoms with van der Waals surface area (Å²) in [5.41, 5.74) is 0.158. The maximum atomic E-state index is 12.9. The van der Waals surface area contributed by atoms with Crippen molar-refractivity contribution >= 4 is 17.8 Å². The van der Waals surface area contributed by atoms with Crippen LogP contribution in [-0.2, 0) is 31.0 Å². The minimum Gasteiger partial charge on any atom is -0.493 e. The summed E-state index contributed by atoms with van der Waals surface area (Å²) in [6, 6.07) is 2.79. The van der Waals surface area contributed by atoms with Crippen LogP contribution in [0.3, 0.4) is 0 Å². The van der Waals surface area contributed by atoms with E-state index in [4.69, 9.17) is 14.2 Å². The quantitative estimate of drug-likeness (QED) is 0.411. The van der Waals surface area contributed by atoms with E-state index < -0.39 is 41.0 Å². The average molecular weight is 529 g/mol. The van der Waals surface area contributed by atoms with E-state index >= 15 is 0 Å². The average Bonchev–Trinajstić information content (AvgIpc) is 3.21. The summed E-state index contributed by atoms with van der Waals surface area (Å²) in [6.07, 6.45) is 2.53. The van der Waals surface area contributed by atoms with Gasteiger partial charge < -0.3 is 34.6 Å². The molecule has 1 aromatic carbocycles. The number of carboxylic acid groups (broad SMARTS) is 1. The van der Waals surface area contributed by atoms with Gasteiger partial charge in [-0.3, -0.25) is 9.59 Å². The lowest BCUT2D eigenvalue weighted by Gasteiger charge is -2.61. The Morgan fingerprint density at radius 1 is 1.26 bits per heavy atom. The number of esters is 1. The van der Waals surface area contributed by atoms with Crippen LogP contribution in [0.15, 0.2) is 24.0 Å². The number of methoxy groups -OCH3 is 1. The van der Waals surface area contributed by atoms with Crippen molar-refractivity contribution in [3.05, 3.63) is 35.1 Å². The second-order valence-corrected chi connectivity index (χ2v) is 11.3. The lowest BCUT2D eigenvalue weighted by Crippen LogP contribution is -2.74. The van der Waals surface area contributed by atoms with Crippen molar-refractivity contribution in [3.63, 3.8) is 0 Å². The van der Waals surface area contributed by atoms with Crippen molar-refractivity contribution in [2.24, 2.45) is 5.92 Å². The second kappa shape index (κ2) is 9.57. The van der Waals surface area contributed by atoms with Crippen molar-refractivity contribution in [1.82, 2.24) is 10.2 Å². The molecule has 10 heteroatoms. The van der Waals surface area contributed by atoms with Crippen LogP contribution < -0.4 is 14.8 Å². The van der Waals surface area contributed by atoms with Crippen LogP contribution in [0.5, 0.6) is 11.5 Å². The lowest BCUT2D eigenvalue weighted by atomic mass is 9.50. The van der Waals surface area contributed by atoms with Gasteiger partial charge in [0.15, 0.2) is 17.6 Å². The molecule has 4 aliphatic rings. The number of likely N-dealkylation sites (N-methyl/N-ethyl adjacent to an activating group) is 1. The molecule has 38 heavy (non-hydrogen) atoms. The van der Waals surface area contributed by atoms with Crippen molar-refractivity contribution in [1.29, 1.82) is 0 Å². The fourth-order valence-corrected chi connectivity index (χ4v) is 6.95. The Morgan fingerprint density at radius 2 is 2.03 bits per heavy atom. The van der Waals surface area contributed by atoms with E-state index in [2.05, 4.69) is 10.2 Å². The van der Waals surface area contributed by atoms with Crippen molar-refractivity contribution in [2.75, 3.05) is 20.7 Å². The van der Waals surface area contributed by atoms with Crippen LogP contribution in [-0.4, -0.2) is 77.4 Å². The van der Waals surface area contributed by atoms with Crippen molar-refractivity contribution in [3.8, 4) is 11.5 Å². The lowest BCUT2D eigenvalue weighted by molar-refractivity contribution is -0.169. The van der Waals surface area contributed by atoms with Gasteiger partial charge in [-0.25, -0.2) is 4.79 Å². The number of likely N-dealkylation sites (tertiary alicyclic amines) is 1. The summed E-state index contributed by atoms with van der Waals surface area (Å²) >= 11 is 0. The van der Waals surface area contributed by atoms with Gasteiger partial charge in [0.05, 0.1) is 24.5 Å². The molecule has 10 nitrogen and oxygen atoms in total. The zero-order valence-electron chi connectivity index (χ0n) is 22.3. The number of nitrogens with one attached hydrogen (secondary N) is 1. The third-order valence-electron chi connectivity index (χ3n) is 8.69. The topological polar surface area (TPSA) is 135 Å². The van der Waals surface area contributed by atoms with Gasteiger partial charge in [-0.2, -0.15) is 0 Å². The predicted octanol–water partition coefficient (Wildman–Crippen LogP) is 1.91. The van der Waals surface area contributed by atoms with Crippen molar-refractivity contribution in [2.45, 2.75) is 81.6 Å². The largest absolute Gasteiger partial charge is 0.493 e. The second-order valence-electron chi connectivity index (χ2n) is 11.3. The van der Waals surface area contributed by atoms with Crippen LogP contribution in [0.2, 0.25) is 0 Å². The van der Waals surface area contributed by atoms with E-state index in [1.54, 1.807) is 13.2 Å². The molecule has 2 heterocycles. The number of aliphatic carboxylic acids is 1. The minimum atomic E-state index is -1.11. The van der Waals surface area contributed by atoms with Gasteiger partial charge in [0.25, 0.3) is 0 Å². The Balaban J connectivity index is 1.35. The predicted molar refractivity (Wildman–Crippen MR) is 136 cm³/mol. The summed E-state index contributed by atoms with van der Waals surface area (Å²) in [5, 5.41) is 24.1. The molecule has 1 spiro atoms. The number of piperidine rings is 1. The molecule has 2 aliphatic carbocycles. The Kier molecular flexibility index (Phi) is 6.67. The van der Waals surface area contributed by atoms with Gasteiger partial charge in [0.2, 0.25) is 5.91 Å². The molecule has 5 rings (SSSR count). The number of rotatable bonds is 9. The van der Waals surface area contributed by atoms with Gasteiger partial charge in [0.1, 0.15) is 11.8 Å². The molecule has 1 saturated heterocycles. The SMILES string of the molecule is COc1ccc2c3c1O[C@H]1C(OC(=O)CCC(=O)N[C@@H](CC(C)C)C(=O)O)=CC[C@@]4(O)[C@@H](C2)N(C)CC[C@]314. The Bertz CT molecular complexity index is 1200. The van der Waals surface area contributed by atoms with Crippen LogP contribution in [0.4, 0.5) is 0 Å². The van der Waals surface area contributed by atoms with Gasteiger partial charge in [0, 0.05) is 24.4 Å². The molecule has 1 aromatic rings. The maximum absolute atomic E-state index is 12.9. The minimum absolute atomic E-state index is 0.0891. The Morgan fingerprint density at radius 3 is 2.71 bits per heavy atom. The first-order valence-electron chi connectivity index (χ1n) is 13.2. The summed E-state index contributed by atoms with van der Waals surface area (Å²) in [5.74, 6) is -0.663. The van der Waals surface area contributed by atoms with Gasteiger partial charge in [-0.15, -0.1) is 0 Å². The van der Waals surface area contributed by atoms with Gasteiger partial charge in [-0.1, -0.05) is 19.9 Å². The maximum Gasteiger partial charge on any atom is 0.326 e. The molecule has 1 amide bonds. The first-order chi connectivity index (χ1) is 18.0. The number of carbonyl (C=O) groups is 3. The number of ether oxygens (including phenoxy) is 3. The molecule has 2 bridgehead atoms. The summed E-state index contributed by atoms with van der Waals surface area (Å²) in [7, 11) is 3.60. The molecule has 5 atom stereocenters. The smallest absolute Gasteiger partial charge is 0.326 e. The summed E-state index contributed by atoms with van der Waals surface area (Å²) in [6.45, 7) is 4.50. The molecule has 0 unspecified atom stereocenters. The monoisotopic (exact) mass is 528 g/mol. The van der Waals surface area contributed by atoms with Crippen LogP contribution in [0.25, 0.3) is 0 Å². The third-order valence-corrected chi connectivity index (χ3v) is 8.69. The first-order valence-corrected chi connectivity index (χ1v) is 13.2. The van der Waals surface area contributed by atoms with Crippen LogP contribution >= 0.6 is 0 Å². The fourth-order valence-electron chi connectivity index (χ4n) is 6.95. The van der Waals surface area contributed by atoms with Crippen molar-refractivity contribution < 1.29 is 38.8 Å². The summed E-state index contributed by atoms with van der Waals surface area (Å²) < 4.78 is 17.8. The molecule has 0 saturated carbocycles. The third kappa shape index (κ3) is 3.96.